The molecule has 0 aromatic heterocycles. The van der Waals surface area contributed by atoms with Crippen LogP contribution >= 0.6 is 0 Å². The fourth-order valence-electron chi connectivity index (χ4n) is 6.83. The normalized spacial score (nSPS) is 45.1. The quantitative estimate of drug-likeness (QED) is 0.610. The maximum atomic E-state index is 9.55. The summed E-state index contributed by atoms with van der Waals surface area (Å²) in [6.45, 7) is 15.3. The second-order valence-electron chi connectivity index (χ2n) is 11.1. The van der Waals surface area contributed by atoms with Crippen molar-refractivity contribution in [1.29, 1.82) is 0 Å². The van der Waals surface area contributed by atoms with Gasteiger partial charge in [-0.05, 0) is 67.6 Å². The van der Waals surface area contributed by atoms with E-state index in [1.165, 1.54) is 38.5 Å². The van der Waals surface area contributed by atoms with Gasteiger partial charge in [-0.15, -0.1) is 0 Å². The summed E-state index contributed by atoms with van der Waals surface area (Å²) in [7, 11) is 0. The first-order valence-corrected chi connectivity index (χ1v) is 12.2. The summed E-state index contributed by atoms with van der Waals surface area (Å²) in [5.74, 6) is 4.71. The molecule has 164 valence electrons. The van der Waals surface area contributed by atoms with Gasteiger partial charge in [0.15, 0.2) is 5.79 Å². The molecule has 3 rings (SSSR count). The Balaban J connectivity index is 1.99. The van der Waals surface area contributed by atoms with Crippen LogP contribution in [-0.4, -0.2) is 30.2 Å². The minimum absolute atomic E-state index is 0.0556. The van der Waals surface area contributed by atoms with E-state index >= 15 is 0 Å². The summed E-state index contributed by atoms with van der Waals surface area (Å²) in [6, 6.07) is 0. The lowest BCUT2D eigenvalue weighted by molar-refractivity contribution is -0.280. The zero-order valence-electron chi connectivity index (χ0n) is 19.3. The molecule has 3 aliphatic rings. The van der Waals surface area contributed by atoms with E-state index in [1.807, 2.05) is 0 Å². The van der Waals surface area contributed by atoms with E-state index < -0.39 is 5.79 Å². The molecule has 0 spiro atoms. The third-order valence-corrected chi connectivity index (χ3v) is 8.37. The second kappa shape index (κ2) is 9.35. The SMILES string of the molecule is CC(C)[C@H]1CC[C@@H](C)C[C@H]1C1([C@@H]2C[C@@H](C)CC[C@@H]2C(C)C)OC[C@H](CCO)O1. The molecule has 0 aromatic carbocycles. The van der Waals surface area contributed by atoms with Crippen molar-refractivity contribution in [2.75, 3.05) is 13.2 Å². The van der Waals surface area contributed by atoms with Crippen molar-refractivity contribution in [3.05, 3.63) is 0 Å². The highest BCUT2D eigenvalue weighted by Gasteiger charge is 2.59. The maximum absolute atomic E-state index is 9.55. The monoisotopic (exact) mass is 394 g/mol. The Kier molecular flexibility index (Phi) is 7.53. The van der Waals surface area contributed by atoms with E-state index in [0.717, 1.165) is 11.8 Å². The summed E-state index contributed by atoms with van der Waals surface area (Å²) in [5, 5.41) is 9.55. The van der Waals surface area contributed by atoms with E-state index in [0.29, 0.717) is 48.5 Å². The topological polar surface area (TPSA) is 38.7 Å². The van der Waals surface area contributed by atoms with Crippen molar-refractivity contribution in [2.45, 2.75) is 98.4 Å². The van der Waals surface area contributed by atoms with Gasteiger partial charge in [-0.3, -0.25) is 0 Å². The van der Waals surface area contributed by atoms with E-state index in [4.69, 9.17) is 9.47 Å². The van der Waals surface area contributed by atoms with E-state index in [-0.39, 0.29) is 12.7 Å². The molecule has 8 atom stereocenters. The predicted octanol–water partition coefficient (Wildman–Crippen LogP) is 5.90. The molecule has 3 nitrogen and oxygen atoms in total. The van der Waals surface area contributed by atoms with Gasteiger partial charge in [-0.25, -0.2) is 0 Å². The third-order valence-electron chi connectivity index (χ3n) is 8.37. The Morgan fingerprint density at radius 3 is 1.79 bits per heavy atom. The highest BCUT2D eigenvalue weighted by atomic mass is 16.7. The largest absolute Gasteiger partial charge is 0.396 e. The molecular formula is C25H46O3. The average Bonchev–Trinajstić information content (AvgIpc) is 3.06. The first-order chi connectivity index (χ1) is 13.3. The molecule has 0 radical (unpaired) electrons. The number of rotatable bonds is 6. The highest BCUT2D eigenvalue weighted by Crippen LogP contribution is 2.56. The predicted molar refractivity (Wildman–Crippen MR) is 115 cm³/mol. The second-order valence-corrected chi connectivity index (χ2v) is 11.1. The van der Waals surface area contributed by atoms with Crippen molar-refractivity contribution in [1.82, 2.24) is 0 Å². The van der Waals surface area contributed by atoms with Gasteiger partial charge in [0, 0.05) is 18.4 Å². The Morgan fingerprint density at radius 1 is 0.857 bits per heavy atom. The van der Waals surface area contributed by atoms with Gasteiger partial charge >= 0.3 is 0 Å². The molecule has 1 unspecified atom stereocenters. The van der Waals surface area contributed by atoms with Gasteiger partial charge < -0.3 is 14.6 Å². The molecular weight excluding hydrogens is 348 g/mol. The van der Waals surface area contributed by atoms with Crippen LogP contribution in [0.2, 0.25) is 0 Å². The van der Waals surface area contributed by atoms with Crippen LogP contribution in [0.5, 0.6) is 0 Å². The Labute approximate surface area is 174 Å². The van der Waals surface area contributed by atoms with Crippen LogP contribution in [0.25, 0.3) is 0 Å². The molecule has 1 N–H and O–H groups in total. The summed E-state index contributed by atoms with van der Waals surface area (Å²) in [5.41, 5.74) is 0. The molecule has 1 saturated heterocycles. The van der Waals surface area contributed by atoms with Crippen molar-refractivity contribution < 1.29 is 14.6 Å². The van der Waals surface area contributed by atoms with E-state index in [9.17, 15) is 5.11 Å². The van der Waals surface area contributed by atoms with Gasteiger partial charge in [-0.1, -0.05) is 54.4 Å². The average molecular weight is 395 g/mol. The number of hydrogen-bond acceptors (Lipinski definition) is 3. The van der Waals surface area contributed by atoms with Crippen LogP contribution in [0.4, 0.5) is 0 Å². The van der Waals surface area contributed by atoms with Gasteiger partial charge in [0.2, 0.25) is 0 Å². The number of hydrogen-bond donors (Lipinski definition) is 1. The fraction of sp³-hybridized carbons (Fsp3) is 1.00. The van der Waals surface area contributed by atoms with Crippen LogP contribution in [0, 0.1) is 47.3 Å². The van der Waals surface area contributed by atoms with Crippen molar-refractivity contribution >= 4 is 0 Å². The smallest absolute Gasteiger partial charge is 0.174 e. The molecule has 3 heteroatoms. The lowest BCUT2D eigenvalue weighted by Gasteiger charge is -2.53. The minimum atomic E-state index is -0.437. The number of aliphatic hydroxyl groups is 1. The Morgan fingerprint density at radius 2 is 1.36 bits per heavy atom. The summed E-state index contributed by atoms with van der Waals surface area (Å²) >= 11 is 0. The van der Waals surface area contributed by atoms with Crippen LogP contribution in [-0.2, 0) is 9.47 Å². The molecule has 0 bridgehead atoms. The van der Waals surface area contributed by atoms with Crippen LogP contribution < -0.4 is 0 Å². The van der Waals surface area contributed by atoms with Gasteiger partial charge in [0.25, 0.3) is 0 Å². The first-order valence-electron chi connectivity index (χ1n) is 12.2. The summed E-state index contributed by atoms with van der Waals surface area (Å²) < 4.78 is 13.8. The highest BCUT2D eigenvalue weighted by molar-refractivity contribution is 5.01. The van der Waals surface area contributed by atoms with Crippen LogP contribution in [0.15, 0.2) is 0 Å². The van der Waals surface area contributed by atoms with Crippen LogP contribution in [0.1, 0.15) is 86.5 Å². The Hall–Kier alpha value is -0.120. The zero-order chi connectivity index (χ0) is 20.5. The van der Waals surface area contributed by atoms with Crippen LogP contribution in [0.3, 0.4) is 0 Å². The van der Waals surface area contributed by atoms with Gasteiger partial charge in [0.1, 0.15) is 0 Å². The van der Waals surface area contributed by atoms with Gasteiger partial charge in [-0.2, -0.15) is 0 Å². The minimum Gasteiger partial charge on any atom is -0.396 e. The molecule has 28 heavy (non-hydrogen) atoms. The number of aliphatic hydroxyl groups excluding tert-OH is 1. The zero-order valence-corrected chi connectivity index (χ0v) is 19.3. The molecule has 1 heterocycles. The van der Waals surface area contributed by atoms with Crippen molar-refractivity contribution in [3.63, 3.8) is 0 Å². The summed E-state index contributed by atoms with van der Waals surface area (Å²) in [6.07, 6.45) is 8.49. The van der Waals surface area contributed by atoms with E-state index in [2.05, 4.69) is 41.5 Å². The summed E-state index contributed by atoms with van der Waals surface area (Å²) in [4.78, 5) is 0. The molecule has 0 amide bonds. The Bertz CT molecular complexity index is 456. The number of ether oxygens (including phenoxy) is 2. The van der Waals surface area contributed by atoms with Crippen molar-refractivity contribution in [2.24, 2.45) is 47.3 Å². The first kappa shape index (κ1) is 22.6. The van der Waals surface area contributed by atoms with Crippen molar-refractivity contribution in [3.8, 4) is 0 Å². The lowest BCUT2D eigenvalue weighted by atomic mass is 9.58. The molecule has 3 fully saturated rings. The fourth-order valence-corrected chi connectivity index (χ4v) is 6.83. The van der Waals surface area contributed by atoms with Gasteiger partial charge in [0.05, 0.1) is 12.7 Å². The molecule has 2 saturated carbocycles. The lowest BCUT2D eigenvalue weighted by Crippen LogP contribution is -2.56. The third kappa shape index (κ3) is 4.47. The maximum Gasteiger partial charge on any atom is 0.174 e. The van der Waals surface area contributed by atoms with E-state index in [1.54, 1.807) is 0 Å². The molecule has 1 aliphatic heterocycles. The molecule has 0 aromatic rings. The molecule has 2 aliphatic carbocycles. The standard InChI is InChI=1S/C25H46O3/c1-16(2)21-9-7-18(5)13-23(21)25(27-15-20(28-25)11-12-26)24-14-19(6)8-10-22(24)17(3)4/h16-24,26H,7-15H2,1-6H3/t18-,19+,20-,21+,22+,23+,24+,25?/m0/s1.